The second-order valence-electron chi connectivity index (χ2n) is 3.92. The van der Waals surface area contributed by atoms with Crippen LogP contribution >= 0.6 is 0 Å². The van der Waals surface area contributed by atoms with Crippen molar-refractivity contribution >= 4 is 6.21 Å². The van der Waals surface area contributed by atoms with Crippen LogP contribution in [-0.4, -0.2) is 25.3 Å². The van der Waals surface area contributed by atoms with Gasteiger partial charge in [0.05, 0.1) is 0 Å². The van der Waals surface area contributed by atoms with Crippen LogP contribution in [0.4, 0.5) is 0 Å². The smallest absolute Gasteiger partial charge is 0.0385 e. The average molecular weight is 166 g/mol. The molecule has 2 aliphatic heterocycles. The Morgan fingerprint density at radius 2 is 2.17 bits per heavy atom. The molecule has 2 heteroatoms. The average Bonchev–Trinajstić information content (AvgIpc) is 2.21. The number of hydrogen-bond acceptors (Lipinski definition) is 2. The second-order valence-corrected chi connectivity index (χ2v) is 3.92. The van der Waals surface area contributed by atoms with Gasteiger partial charge in [-0.05, 0) is 32.2 Å². The van der Waals surface area contributed by atoms with E-state index >= 15 is 0 Å². The normalized spacial score (nSPS) is 36.7. The molecule has 1 saturated heterocycles. The van der Waals surface area contributed by atoms with Gasteiger partial charge in [-0.25, -0.2) is 0 Å². The maximum atomic E-state index is 4.37. The van der Waals surface area contributed by atoms with Crippen molar-refractivity contribution in [2.75, 3.05) is 13.1 Å². The Labute approximate surface area is 74.5 Å². The lowest BCUT2D eigenvalue weighted by molar-refractivity contribution is 0.330. The topological polar surface area (TPSA) is 24.4 Å². The molecule has 0 aromatic carbocycles. The fourth-order valence-corrected chi connectivity index (χ4v) is 2.25. The third-order valence-electron chi connectivity index (χ3n) is 2.99. The predicted octanol–water partition coefficient (Wildman–Crippen LogP) is 1.61. The Morgan fingerprint density at radius 3 is 2.83 bits per heavy atom. The van der Waals surface area contributed by atoms with E-state index in [0.717, 1.165) is 18.5 Å². The van der Waals surface area contributed by atoms with Gasteiger partial charge in [0.25, 0.3) is 0 Å². The summed E-state index contributed by atoms with van der Waals surface area (Å²) >= 11 is 0. The highest BCUT2D eigenvalue weighted by molar-refractivity contribution is 5.62. The standard InChI is InChI=1S/C10H18N2/c1-2-7-12-10(5-1)9-4-3-6-11-8-9/h8-10,12H,1-7H2. The second kappa shape index (κ2) is 4.04. The first-order chi connectivity index (χ1) is 5.97. The molecule has 2 atom stereocenters. The molecule has 0 radical (unpaired) electrons. The SMILES string of the molecule is C1=NCCCC1C1CCCCN1. The molecule has 0 spiro atoms. The van der Waals surface area contributed by atoms with Crippen LogP contribution in [0.1, 0.15) is 32.1 Å². The zero-order chi connectivity index (χ0) is 8.23. The number of nitrogens with zero attached hydrogens (tertiary/aromatic N) is 1. The van der Waals surface area contributed by atoms with Crippen molar-refractivity contribution in [3.8, 4) is 0 Å². The van der Waals surface area contributed by atoms with Crippen molar-refractivity contribution in [3.05, 3.63) is 0 Å². The summed E-state index contributed by atoms with van der Waals surface area (Å²) in [7, 11) is 0. The maximum absolute atomic E-state index is 4.37. The number of aliphatic imine (C=N–C) groups is 1. The van der Waals surface area contributed by atoms with Gasteiger partial charge in [0.2, 0.25) is 0 Å². The van der Waals surface area contributed by atoms with Gasteiger partial charge in [-0.15, -0.1) is 0 Å². The number of hydrogen-bond donors (Lipinski definition) is 1. The summed E-state index contributed by atoms with van der Waals surface area (Å²) in [4.78, 5) is 4.37. The van der Waals surface area contributed by atoms with Crippen LogP contribution in [0.2, 0.25) is 0 Å². The summed E-state index contributed by atoms with van der Waals surface area (Å²) < 4.78 is 0. The molecule has 2 unspecified atom stereocenters. The minimum Gasteiger partial charge on any atom is -0.313 e. The lowest BCUT2D eigenvalue weighted by Gasteiger charge is -2.30. The lowest BCUT2D eigenvalue weighted by atomic mass is 9.88. The van der Waals surface area contributed by atoms with Crippen molar-refractivity contribution in [2.24, 2.45) is 10.9 Å². The zero-order valence-corrected chi connectivity index (χ0v) is 7.63. The lowest BCUT2D eigenvalue weighted by Crippen LogP contribution is -2.41. The van der Waals surface area contributed by atoms with Crippen molar-refractivity contribution in [2.45, 2.75) is 38.1 Å². The summed E-state index contributed by atoms with van der Waals surface area (Å²) in [6.45, 7) is 2.28. The Morgan fingerprint density at radius 1 is 1.17 bits per heavy atom. The van der Waals surface area contributed by atoms with E-state index in [1.807, 2.05) is 0 Å². The van der Waals surface area contributed by atoms with Gasteiger partial charge in [0.15, 0.2) is 0 Å². The Bertz CT molecular complexity index is 159. The largest absolute Gasteiger partial charge is 0.313 e. The fraction of sp³-hybridized carbons (Fsp3) is 0.900. The molecule has 0 amide bonds. The summed E-state index contributed by atoms with van der Waals surface area (Å²) in [5.74, 6) is 0.735. The van der Waals surface area contributed by atoms with Gasteiger partial charge < -0.3 is 5.32 Å². The van der Waals surface area contributed by atoms with Gasteiger partial charge in [-0.1, -0.05) is 6.42 Å². The maximum Gasteiger partial charge on any atom is 0.0385 e. The van der Waals surface area contributed by atoms with Gasteiger partial charge in [0.1, 0.15) is 0 Å². The first-order valence-corrected chi connectivity index (χ1v) is 5.20. The molecule has 2 heterocycles. The molecular weight excluding hydrogens is 148 g/mol. The van der Waals surface area contributed by atoms with E-state index in [4.69, 9.17) is 0 Å². The Hall–Kier alpha value is -0.370. The van der Waals surface area contributed by atoms with Crippen LogP contribution < -0.4 is 5.32 Å². The Balaban J connectivity index is 1.88. The minimum atomic E-state index is 0.735. The molecule has 2 aliphatic rings. The van der Waals surface area contributed by atoms with Crippen LogP contribution in [0.5, 0.6) is 0 Å². The van der Waals surface area contributed by atoms with Gasteiger partial charge in [-0.3, -0.25) is 4.99 Å². The predicted molar refractivity (Wildman–Crippen MR) is 51.7 cm³/mol. The minimum absolute atomic E-state index is 0.735. The molecule has 1 N–H and O–H groups in total. The number of rotatable bonds is 1. The molecule has 0 bridgehead atoms. The molecule has 12 heavy (non-hydrogen) atoms. The molecule has 0 aromatic rings. The monoisotopic (exact) mass is 166 g/mol. The first kappa shape index (κ1) is 8.24. The molecule has 2 rings (SSSR count). The molecule has 1 fully saturated rings. The van der Waals surface area contributed by atoms with Crippen molar-refractivity contribution in [1.82, 2.24) is 5.32 Å². The summed E-state index contributed by atoms with van der Waals surface area (Å²) in [5.41, 5.74) is 0. The van der Waals surface area contributed by atoms with E-state index in [-0.39, 0.29) is 0 Å². The van der Waals surface area contributed by atoms with E-state index in [1.54, 1.807) is 0 Å². The van der Waals surface area contributed by atoms with Gasteiger partial charge >= 0.3 is 0 Å². The fourth-order valence-electron chi connectivity index (χ4n) is 2.25. The first-order valence-electron chi connectivity index (χ1n) is 5.20. The highest BCUT2D eigenvalue weighted by Crippen LogP contribution is 2.20. The van der Waals surface area contributed by atoms with E-state index in [1.165, 1.54) is 38.6 Å². The van der Waals surface area contributed by atoms with E-state index in [9.17, 15) is 0 Å². The van der Waals surface area contributed by atoms with Crippen LogP contribution in [0.3, 0.4) is 0 Å². The number of nitrogens with one attached hydrogen (secondary N) is 1. The van der Waals surface area contributed by atoms with Gasteiger partial charge in [-0.2, -0.15) is 0 Å². The van der Waals surface area contributed by atoms with Crippen LogP contribution in [0.25, 0.3) is 0 Å². The summed E-state index contributed by atoms with van der Waals surface area (Å²) in [6.07, 6.45) is 8.95. The van der Waals surface area contributed by atoms with E-state index in [2.05, 4.69) is 16.5 Å². The molecule has 0 aliphatic carbocycles. The quantitative estimate of drug-likeness (QED) is 0.629. The molecule has 68 valence electrons. The van der Waals surface area contributed by atoms with E-state index < -0.39 is 0 Å². The summed E-state index contributed by atoms with van der Waals surface area (Å²) in [5, 5.41) is 3.60. The van der Waals surface area contributed by atoms with Crippen molar-refractivity contribution < 1.29 is 0 Å². The van der Waals surface area contributed by atoms with Crippen molar-refractivity contribution in [1.29, 1.82) is 0 Å². The third-order valence-corrected chi connectivity index (χ3v) is 2.99. The molecule has 2 nitrogen and oxygen atoms in total. The van der Waals surface area contributed by atoms with Crippen LogP contribution in [-0.2, 0) is 0 Å². The zero-order valence-electron chi connectivity index (χ0n) is 7.63. The van der Waals surface area contributed by atoms with Gasteiger partial charge in [0, 0.05) is 24.7 Å². The van der Waals surface area contributed by atoms with E-state index in [0.29, 0.717) is 0 Å². The molecular formula is C10H18N2. The molecule has 0 aromatic heterocycles. The highest BCUT2D eigenvalue weighted by Gasteiger charge is 2.22. The third kappa shape index (κ3) is 1.86. The van der Waals surface area contributed by atoms with Crippen LogP contribution in [0.15, 0.2) is 4.99 Å². The number of piperidine rings is 1. The van der Waals surface area contributed by atoms with Crippen LogP contribution in [0, 0.1) is 5.92 Å². The summed E-state index contributed by atoms with van der Waals surface area (Å²) in [6, 6.07) is 0.739. The van der Waals surface area contributed by atoms with Crippen molar-refractivity contribution in [3.63, 3.8) is 0 Å². The molecule has 0 saturated carbocycles. The Kier molecular flexibility index (Phi) is 2.77. The highest BCUT2D eigenvalue weighted by atomic mass is 14.9.